The van der Waals surface area contributed by atoms with Crippen molar-refractivity contribution in [3.05, 3.63) is 71.1 Å². The van der Waals surface area contributed by atoms with Crippen LogP contribution >= 0.6 is 11.6 Å². The van der Waals surface area contributed by atoms with Crippen LogP contribution in [0.3, 0.4) is 0 Å². The molecule has 1 amide bonds. The third-order valence-corrected chi connectivity index (χ3v) is 4.35. The molecule has 4 rings (SSSR count). The van der Waals surface area contributed by atoms with Gasteiger partial charge in [-0.1, -0.05) is 17.7 Å². The topological polar surface area (TPSA) is 60.5 Å². The fourth-order valence-electron chi connectivity index (χ4n) is 2.76. The molecule has 1 N–H and O–H groups in total. The maximum atomic E-state index is 14.5. The van der Waals surface area contributed by atoms with Gasteiger partial charge in [-0.2, -0.15) is 0 Å². The van der Waals surface area contributed by atoms with Crippen LogP contribution in [0.25, 0.3) is 11.3 Å². The molecule has 1 aliphatic rings. The molecule has 0 bridgehead atoms. The summed E-state index contributed by atoms with van der Waals surface area (Å²) in [6.45, 7) is 0.924. The van der Waals surface area contributed by atoms with E-state index in [2.05, 4.69) is 10.3 Å². The number of rotatable bonds is 3. The van der Waals surface area contributed by atoms with Gasteiger partial charge in [-0.15, -0.1) is 0 Å². The number of nitrogens with zero attached hydrogens (tertiary/aromatic N) is 1. The lowest BCUT2D eigenvalue weighted by atomic mass is 10.1. The van der Waals surface area contributed by atoms with Crippen molar-refractivity contribution >= 4 is 23.2 Å². The molecule has 1 aliphatic heterocycles. The van der Waals surface area contributed by atoms with Crippen molar-refractivity contribution in [2.45, 2.75) is 0 Å². The van der Waals surface area contributed by atoms with E-state index in [4.69, 9.17) is 21.1 Å². The van der Waals surface area contributed by atoms with Gasteiger partial charge < -0.3 is 14.8 Å². The van der Waals surface area contributed by atoms with E-state index < -0.39 is 11.7 Å². The highest BCUT2D eigenvalue weighted by molar-refractivity contribution is 6.33. The first-order valence-corrected chi connectivity index (χ1v) is 8.61. The van der Waals surface area contributed by atoms with Crippen molar-refractivity contribution in [3.63, 3.8) is 0 Å². The highest BCUT2D eigenvalue weighted by Crippen LogP contribution is 2.33. The first-order chi connectivity index (χ1) is 13.1. The van der Waals surface area contributed by atoms with Crippen LogP contribution in [0.15, 0.2) is 54.7 Å². The van der Waals surface area contributed by atoms with Crippen molar-refractivity contribution in [1.29, 1.82) is 0 Å². The van der Waals surface area contributed by atoms with Crippen molar-refractivity contribution in [2.75, 3.05) is 18.5 Å². The fraction of sp³-hybridized carbons (Fsp3) is 0.100. The lowest BCUT2D eigenvalue weighted by Crippen LogP contribution is -2.17. The van der Waals surface area contributed by atoms with Gasteiger partial charge >= 0.3 is 0 Å². The van der Waals surface area contributed by atoms with Gasteiger partial charge in [0.05, 0.1) is 16.3 Å². The van der Waals surface area contributed by atoms with Crippen LogP contribution < -0.4 is 14.8 Å². The molecule has 0 radical (unpaired) electrons. The molecule has 0 aliphatic carbocycles. The quantitative estimate of drug-likeness (QED) is 0.718. The van der Waals surface area contributed by atoms with Gasteiger partial charge in [-0.25, -0.2) is 4.39 Å². The van der Waals surface area contributed by atoms with Gasteiger partial charge in [0.1, 0.15) is 19.0 Å². The lowest BCUT2D eigenvalue weighted by Gasteiger charge is -2.19. The number of hydrogen-bond acceptors (Lipinski definition) is 4. The van der Waals surface area contributed by atoms with Crippen molar-refractivity contribution < 1.29 is 18.7 Å². The van der Waals surface area contributed by atoms with Gasteiger partial charge in [0, 0.05) is 23.5 Å². The fourth-order valence-corrected chi connectivity index (χ4v) is 2.99. The molecule has 0 saturated heterocycles. The Morgan fingerprint density at radius 1 is 1.07 bits per heavy atom. The second kappa shape index (κ2) is 7.25. The first-order valence-electron chi connectivity index (χ1n) is 8.23. The minimum Gasteiger partial charge on any atom is -0.486 e. The minimum atomic E-state index is -0.663. The molecule has 0 spiro atoms. The molecule has 7 heteroatoms. The second-order valence-electron chi connectivity index (χ2n) is 5.84. The molecule has 0 fully saturated rings. The minimum absolute atomic E-state index is 0.0827. The van der Waals surface area contributed by atoms with Crippen LogP contribution in [0.2, 0.25) is 5.02 Å². The zero-order valence-corrected chi connectivity index (χ0v) is 14.8. The average molecular weight is 385 g/mol. The summed E-state index contributed by atoms with van der Waals surface area (Å²) in [6, 6.07) is 12.6. The number of hydrogen-bond donors (Lipinski definition) is 1. The number of carbonyl (C=O) groups is 1. The van der Waals surface area contributed by atoms with Crippen molar-refractivity contribution in [2.24, 2.45) is 0 Å². The van der Waals surface area contributed by atoms with E-state index in [1.54, 1.807) is 42.6 Å². The van der Waals surface area contributed by atoms with Crippen LogP contribution in [-0.2, 0) is 0 Å². The summed E-state index contributed by atoms with van der Waals surface area (Å²) in [6.07, 6.45) is 1.57. The second-order valence-corrected chi connectivity index (χ2v) is 6.25. The number of anilines is 1. The van der Waals surface area contributed by atoms with E-state index >= 15 is 0 Å². The first kappa shape index (κ1) is 17.3. The summed E-state index contributed by atoms with van der Waals surface area (Å²) in [4.78, 5) is 16.6. The molecule has 5 nitrogen and oxygen atoms in total. The SMILES string of the molecule is O=C(Nc1ccc2c(c1)OCCO2)c1ccc(-c2ncccc2Cl)cc1F. The summed E-state index contributed by atoms with van der Waals surface area (Å²) in [5.41, 5.74) is 1.35. The van der Waals surface area contributed by atoms with Gasteiger partial charge in [0.2, 0.25) is 0 Å². The van der Waals surface area contributed by atoms with E-state index in [1.807, 2.05) is 0 Å². The monoisotopic (exact) mass is 384 g/mol. The third kappa shape index (κ3) is 3.57. The Bertz CT molecular complexity index is 1030. The Labute approximate surface area is 159 Å². The van der Waals surface area contributed by atoms with Crippen molar-refractivity contribution in [3.8, 4) is 22.8 Å². The van der Waals surface area contributed by atoms with E-state index in [1.165, 1.54) is 12.1 Å². The van der Waals surface area contributed by atoms with Crippen LogP contribution in [0.1, 0.15) is 10.4 Å². The van der Waals surface area contributed by atoms with E-state index in [0.717, 1.165) is 0 Å². The van der Waals surface area contributed by atoms with Crippen LogP contribution in [0.5, 0.6) is 11.5 Å². The average Bonchev–Trinajstić information content (AvgIpc) is 2.68. The van der Waals surface area contributed by atoms with Crippen molar-refractivity contribution in [1.82, 2.24) is 4.98 Å². The molecule has 1 aromatic heterocycles. The molecule has 3 aromatic rings. The van der Waals surface area contributed by atoms with Gasteiger partial charge in [0.15, 0.2) is 11.5 Å². The Kier molecular flexibility index (Phi) is 4.64. The number of fused-ring (bicyclic) bond motifs is 1. The molecule has 0 atom stereocenters. The predicted octanol–water partition coefficient (Wildman–Crippen LogP) is 4.56. The summed E-state index contributed by atoms with van der Waals surface area (Å²) in [5.74, 6) is -0.0752. The van der Waals surface area contributed by atoms with Gasteiger partial charge in [-0.05, 0) is 36.4 Å². The molecule has 0 saturated carbocycles. The van der Waals surface area contributed by atoms with E-state index in [-0.39, 0.29) is 5.56 Å². The molecular weight excluding hydrogens is 371 g/mol. The number of halogens is 2. The highest BCUT2D eigenvalue weighted by atomic mass is 35.5. The molecule has 2 aromatic carbocycles. The molecular formula is C20H14ClFN2O3. The van der Waals surface area contributed by atoms with E-state index in [0.29, 0.717) is 46.7 Å². The number of benzene rings is 2. The highest BCUT2D eigenvalue weighted by Gasteiger charge is 2.17. The maximum absolute atomic E-state index is 14.5. The number of pyridine rings is 1. The zero-order chi connectivity index (χ0) is 18.8. The Balaban J connectivity index is 1.56. The summed E-state index contributed by atoms with van der Waals surface area (Å²) in [5, 5.41) is 3.07. The Morgan fingerprint density at radius 3 is 2.67 bits per heavy atom. The number of nitrogens with one attached hydrogen (secondary N) is 1. The lowest BCUT2D eigenvalue weighted by molar-refractivity contribution is 0.102. The standard InChI is InChI=1S/C20H14ClFN2O3/c21-15-2-1-7-23-19(15)12-3-5-14(16(22)10-12)20(25)24-13-4-6-17-18(11-13)27-9-8-26-17/h1-7,10-11H,8-9H2,(H,24,25). The zero-order valence-electron chi connectivity index (χ0n) is 14.0. The number of amides is 1. The predicted molar refractivity (Wildman–Crippen MR) is 100 cm³/mol. The normalized spacial score (nSPS) is 12.5. The molecule has 0 unspecified atom stereocenters. The molecule has 2 heterocycles. The third-order valence-electron chi connectivity index (χ3n) is 4.05. The number of ether oxygens (including phenoxy) is 2. The number of aromatic nitrogens is 1. The number of carbonyl (C=O) groups excluding carboxylic acids is 1. The summed E-state index contributed by atoms with van der Waals surface area (Å²) < 4.78 is 25.4. The van der Waals surface area contributed by atoms with Crippen LogP contribution in [0.4, 0.5) is 10.1 Å². The summed E-state index contributed by atoms with van der Waals surface area (Å²) >= 11 is 6.09. The molecule has 136 valence electrons. The maximum Gasteiger partial charge on any atom is 0.258 e. The van der Waals surface area contributed by atoms with Crippen LogP contribution in [0, 0.1) is 5.82 Å². The van der Waals surface area contributed by atoms with Gasteiger partial charge in [0.25, 0.3) is 5.91 Å². The Morgan fingerprint density at radius 2 is 1.89 bits per heavy atom. The molecule has 27 heavy (non-hydrogen) atoms. The largest absolute Gasteiger partial charge is 0.486 e. The Hall–Kier alpha value is -3.12. The van der Waals surface area contributed by atoms with Gasteiger partial charge in [-0.3, -0.25) is 9.78 Å². The smallest absolute Gasteiger partial charge is 0.258 e. The van der Waals surface area contributed by atoms with Crippen LogP contribution in [-0.4, -0.2) is 24.1 Å². The summed E-state index contributed by atoms with van der Waals surface area (Å²) in [7, 11) is 0. The van der Waals surface area contributed by atoms with E-state index in [9.17, 15) is 9.18 Å².